The van der Waals surface area contributed by atoms with Crippen LogP contribution in [-0.2, 0) is 16.3 Å². The largest absolute Gasteiger partial charge is 0.357 e. The molecule has 1 aromatic rings. The molecule has 0 saturated heterocycles. The zero-order valence-corrected chi connectivity index (χ0v) is 19.9. The zero-order chi connectivity index (χ0) is 18.4. The van der Waals surface area contributed by atoms with Crippen molar-refractivity contribution in [1.82, 2.24) is 15.6 Å². The third-order valence-corrected chi connectivity index (χ3v) is 7.33. The number of halogens is 1. The highest BCUT2D eigenvalue weighted by atomic mass is 127. The van der Waals surface area contributed by atoms with Crippen molar-refractivity contribution in [1.29, 1.82) is 0 Å². The lowest BCUT2D eigenvalue weighted by Crippen LogP contribution is -2.39. The number of aliphatic imine (C=N–C) groups is 1. The number of sulfone groups is 1. The third-order valence-electron chi connectivity index (χ3n) is 3.61. The number of hydrogen-bond acceptors (Lipinski definition) is 5. The summed E-state index contributed by atoms with van der Waals surface area (Å²) in [5.74, 6) is 0.699. The van der Waals surface area contributed by atoms with E-state index in [-0.39, 0.29) is 36.3 Å². The number of aromatic nitrogens is 1. The standard InChI is InChI=1S/C16H30N4O2S2.HI/c1-7-17-15(19-10-11-24(21,22)16(4,5)6)18-9-8-14-20-12(2)13(3)23-14;/h7-11H2,1-6H3,(H2,17,18,19);1H. The SMILES string of the molecule is CCNC(=NCCS(=O)(=O)C(C)(C)C)NCCc1nc(C)c(C)s1.I. The van der Waals surface area contributed by atoms with Crippen LogP contribution in [0.25, 0.3) is 0 Å². The predicted octanol–water partition coefficient (Wildman–Crippen LogP) is 2.69. The van der Waals surface area contributed by atoms with Crippen LogP contribution in [0.5, 0.6) is 0 Å². The second-order valence-electron chi connectivity index (χ2n) is 6.62. The zero-order valence-electron chi connectivity index (χ0n) is 16.0. The number of aryl methyl sites for hydroxylation is 2. The molecule has 0 aromatic carbocycles. The molecule has 1 aromatic heterocycles. The van der Waals surface area contributed by atoms with E-state index in [1.165, 1.54) is 4.88 Å². The Hall–Kier alpha value is -0.420. The smallest absolute Gasteiger partial charge is 0.191 e. The van der Waals surface area contributed by atoms with Crippen molar-refractivity contribution < 1.29 is 8.42 Å². The molecule has 0 atom stereocenters. The summed E-state index contributed by atoms with van der Waals surface area (Å²) in [4.78, 5) is 10.1. The fraction of sp³-hybridized carbons (Fsp3) is 0.750. The van der Waals surface area contributed by atoms with Crippen LogP contribution in [0, 0.1) is 13.8 Å². The molecule has 25 heavy (non-hydrogen) atoms. The van der Waals surface area contributed by atoms with E-state index in [1.54, 1.807) is 32.1 Å². The lowest BCUT2D eigenvalue weighted by atomic mass is 10.3. The fourth-order valence-corrected chi connectivity index (χ4v) is 3.74. The van der Waals surface area contributed by atoms with Gasteiger partial charge in [0.2, 0.25) is 0 Å². The van der Waals surface area contributed by atoms with Crippen LogP contribution in [-0.4, -0.2) is 49.5 Å². The van der Waals surface area contributed by atoms with Crippen molar-refractivity contribution in [2.24, 2.45) is 4.99 Å². The topological polar surface area (TPSA) is 83.5 Å². The van der Waals surface area contributed by atoms with Gasteiger partial charge in [-0.05, 0) is 41.5 Å². The third kappa shape index (κ3) is 8.21. The van der Waals surface area contributed by atoms with Crippen LogP contribution in [0.15, 0.2) is 4.99 Å². The maximum absolute atomic E-state index is 12.1. The summed E-state index contributed by atoms with van der Waals surface area (Å²) in [6.07, 6.45) is 0.823. The van der Waals surface area contributed by atoms with Gasteiger partial charge in [0, 0.05) is 24.4 Å². The molecule has 6 nitrogen and oxygen atoms in total. The molecule has 0 radical (unpaired) electrons. The lowest BCUT2D eigenvalue weighted by molar-refractivity contribution is 0.560. The number of hydrogen-bond donors (Lipinski definition) is 2. The Morgan fingerprint density at radius 3 is 2.36 bits per heavy atom. The molecule has 0 spiro atoms. The molecule has 0 bridgehead atoms. The molecule has 2 N–H and O–H groups in total. The van der Waals surface area contributed by atoms with Gasteiger partial charge in [0.15, 0.2) is 15.8 Å². The predicted molar refractivity (Wildman–Crippen MR) is 118 cm³/mol. The van der Waals surface area contributed by atoms with Crippen molar-refractivity contribution in [3.8, 4) is 0 Å². The van der Waals surface area contributed by atoms with Crippen LogP contribution in [0.3, 0.4) is 0 Å². The van der Waals surface area contributed by atoms with E-state index < -0.39 is 14.6 Å². The Balaban J connectivity index is 0.00000576. The van der Waals surface area contributed by atoms with E-state index in [9.17, 15) is 8.42 Å². The summed E-state index contributed by atoms with van der Waals surface area (Å²) < 4.78 is 23.5. The van der Waals surface area contributed by atoms with Gasteiger partial charge in [-0.1, -0.05) is 0 Å². The molecular formula is C16H31IN4O2S2. The van der Waals surface area contributed by atoms with Crippen molar-refractivity contribution in [3.05, 3.63) is 15.6 Å². The molecule has 0 unspecified atom stereocenters. The van der Waals surface area contributed by atoms with Gasteiger partial charge in [-0.2, -0.15) is 0 Å². The molecule has 0 saturated carbocycles. The lowest BCUT2D eigenvalue weighted by Gasteiger charge is -2.18. The molecule has 0 aliphatic carbocycles. The van der Waals surface area contributed by atoms with Crippen molar-refractivity contribution in [2.75, 3.05) is 25.4 Å². The van der Waals surface area contributed by atoms with E-state index >= 15 is 0 Å². The minimum absolute atomic E-state index is 0. The quantitative estimate of drug-likeness (QED) is 0.341. The first-order valence-corrected chi connectivity index (χ1v) is 10.7. The van der Waals surface area contributed by atoms with Gasteiger partial charge < -0.3 is 10.6 Å². The Kier molecular flexibility index (Phi) is 10.5. The molecule has 0 fully saturated rings. The highest BCUT2D eigenvalue weighted by Gasteiger charge is 2.28. The Morgan fingerprint density at radius 2 is 1.88 bits per heavy atom. The van der Waals surface area contributed by atoms with Crippen molar-refractivity contribution in [3.63, 3.8) is 0 Å². The summed E-state index contributed by atoms with van der Waals surface area (Å²) in [7, 11) is -3.14. The highest BCUT2D eigenvalue weighted by Crippen LogP contribution is 2.16. The minimum atomic E-state index is -3.14. The number of rotatable bonds is 7. The van der Waals surface area contributed by atoms with E-state index in [2.05, 4.69) is 27.5 Å². The number of thiazole rings is 1. The molecule has 0 amide bonds. The van der Waals surface area contributed by atoms with Gasteiger partial charge in [-0.15, -0.1) is 35.3 Å². The van der Waals surface area contributed by atoms with Crippen LogP contribution < -0.4 is 10.6 Å². The molecule has 9 heteroatoms. The second-order valence-corrected chi connectivity index (χ2v) is 10.8. The van der Waals surface area contributed by atoms with Gasteiger partial charge in [0.1, 0.15) is 0 Å². The summed E-state index contributed by atoms with van der Waals surface area (Å²) in [6, 6.07) is 0. The average molecular weight is 502 g/mol. The van der Waals surface area contributed by atoms with Crippen LogP contribution in [0.4, 0.5) is 0 Å². The van der Waals surface area contributed by atoms with E-state index in [4.69, 9.17) is 0 Å². The molecular weight excluding hydrogens is 471 g/mol. The van der Waals surface area contributed by atoms with Crippen LogP contribution in [0.1, 0.15) is 43.3 Å². The van der Waals surface area contributed by atoms with E-state index in [1.807, 2.05) is 13.8 Å². The second kappa shape index (κ2) is 10.7. The summed E-state index contributed by atoms with van der Waals surface area (Å²) in [6.45, 7) is 12.9. The first-order valence-electron chi connectivity index (χ1n) is 8.24. The van der Waals surface area contributed by atoms with Gasteiger partial charge in [0.05, 0.1) is 27.7 Å². The Bertz CT molecular complexity index is 645. The molecule has 1 rings (SSSR count). The van der Waals surface area contributed by atoms with Gasteiger partial charge in [0.25, 0.3) is 0 Å². The average Bonchev–Trinajstić information content (AvgIpc) is 2.76. The maximum atomic E-state index is 12.1. The minimum Gasteiger partial charge on any atom is -0.357 e. The maximum Gasteiger partial charge on any atom is 0.191 e. The number of nitrogens with zero attached hydrogens (tertiary/aromatic N) is 2. The van der Waals surface area contributed by atoms with Gasteiger partial charge in [-0.25, -0.2) is 13.4 Å². The van der Waals surface area contributed by atoms with E-state index in [0.717, 1.165) is 23.7 Å². The summed E-state index contributed by atoms with van der Waals surface area (Å²) >= 11 is 1.71. The van der Waals surface area contributed by atoms with Crippen molar-refractivity contribution >= 4 is 51.1 Å². The number of nitrogens with one attached hydrogen (secondary N) is 2. The number of guanidine groups is 1. The summed E-state index contributed by atoms with van der Waals surface area (Å²) in [5, 5.41) is 7.47. The molecule has 0 aliphatic rings. The fourth-order valence-electron chi connectivity index (χ4n) is 1.86. The normalized spacial score (nSPS) is 12.6. The van der Waals surface area contributed by atoms with Crippen molar-refractivity contribution in [2.45, 2.75) is 52.7 Å². The molecule has 0 aliphatic heterocycles. The summed E-state index contributed by atoms with van der Waals surface area (Å²) in [5.41, 5.74) is 1.09. The van der Waals surface area contributed by atoms with Gasteiger partial charge in [-0.3, -0.25) is 4.99 Å². The molecule has 146 valence electrons. The highest BCUT2D eigenvalue weighted by molar-refractivity contribution is 14.0. The van der Waals surface area contributed by atoms with Crippen LogP contribution >= 0.6 is 35.3 Å². The Morgan fingerprint density at radius 1 is 1.24 bits per heavy atom. The monoisotopic (exact) mass is 502 g/mol. The first-order chi connectivity index (χ1) is 11.1. The van der Waals surface area contributed by atoms with Gasteiger partial charge >= 0.3 is 0 Å². The Labute approximate surface area is 173 Å². The van der Waals surface area contributed by atoms with Crippen LogP contribution in [0.2, 0.25) is 0 Å². The molecule has 1 heterocycles. The van der Waals surface area contributed by atoms with E-state index in [0.29, 0.717) is 12.5 Å². The first kappa shape index (κ1) is 24.6.